The van der Waals surface area contributed by atoms with E-state index in [1.807, 2.05) is 0 Å². The van der Waals surface area contributed by atoms with E-state index in [0.717, 1.165) is 46.1 Å². The van der Waals surface area contributed by atoms with Crippen LogP contribution in [0.4, 0.5) is 34.1 Å². The van der Waals surface area contributed by atoms with Crippen molar-refractivity contribution >= 4 is 34.1 Å². The standard InChI is InChI=1S/C43H34N2/c1-6-16-34(17-7-1)30-35-26-28-36(29-27-35)37-31-42(44(38-18-8-2-9-19-38)39-20-10-3-11-21-39)33-43(32-37)45(40-22-12-4-13-23-40)41-24-14-5-15-25-41/h1-29,31-33H,30H2. The van der Waals surface area contributed by atoms with Crippen molar-refractivity contribution in [1.82, 2.24) is 0 Å². The summed E-state index contributed by atoms with van der Waals surface area (Å²) in [5.41, 5.74) is 11.6. The fraction of sp³-hybridized carbons (Fsp3) is 0.0233. The number of para-hydroxylation sites is 4. The van der Waals surface area contributed by atoms with E-state index in [4.69, 9.17) is 0 Å². The summed E-state index contributed by atoms with van der Waals surface area (Å²) >= 11 is 0. The molecule has 0 fully saturated rings. The lowest BCUT2D eigenvalue weighted by Crippen LogP contribution is -2.13. The van der Waals surface area contributed by atoms with E-state index < -0.39 is 0 Å². The molecule has 2 nitrogen and oxygen atoms in total. The summed E-state index contributed by atoms with van der Waals surface area (Å²) in [5.74, 6) is 0. The first-order chi connectivity index (χ1) is 22.3. The summed E-state index contributed by atoms with van der Waals surface area (Å²) in [6.45, 7) is 0. The van der Waals surface area contributed by atoms with E-state index in [1.54, 1.807) is 0 Å². The van der Waals surface area contributed by atoms with Crippen LogP contribution in [0.15, 0.2) is 194 Å². The number of anilines is 6. The monoisotopic (exact) mass is 578 g/mol. The van der Waals surface area contributed by atoms with Gasteiger partial charge in [-0.25, -0.2) is 0 Å². The number of hydrogen-bond acceptors (Lipinski definition) is 2. The van der Waals surface area contributed by atoms with Crippen LogP contribution in [0.2, 0.25) is 0 Å². The molecule has 2 heteroatoms. The quantitative estimate of drug-likeness (QED) is 0.168. The second-order valence-corrected chi connectivity index (χ2v) is 11.1. The second-order valence-electron chi connectivity index (χ2n) is 11.1. The van der Waals surface area contributed by atoms with Crippen molar-refractivity contribution < 1.29 is 0 Å². The van der Waals surface area contributed by atoms with E-state index in [-0.39, 0.29) is 0 Å². The first-order valence-electron chi connectivity index (χ1n) is 15.4. The lowest BCUT2D eigenvalue weighted by molar-refractivity contribution is 1.19. The average Bonchev–Trinajstić information content (AvgIpc) is 3.11. The van der Waals surface area contributed by atoms with Crippen LogP contribution in [0.3, 0.4) is 0 Å². The molecule has 0 aromatic heterocycles. The van der Waals surface area contributed by atoms with Gasteiger partial charge in [0.15, 0.2) is 0 Å². The molecule has 0 atom stereocenters. The Morgan fingerprint density at radius 3 is 0.978 bits per heavy atom. The lowest BCUT2D eigenvalue weighted by Gasteiger charge is -2.30. The zero-order valence-electron chi connectivity index (χ0n) is 25.1. The molecule has 7 aromatic rings. The molecule has 0 saturated heterocycles. The van der Waals surface area contributed by atoms with Crippen LogP contribution in [-0.2, 0) is 6.42 Å². The summed E-state index contributed by atoms with van der Waals surface area (Å²) in [4.78, 5) is 4.68. The second kappa shape index (κ2) is 13.2. The third-order valence-electron chi connectivity index (χ3n) is 8.01. The van der Waals surface area contributed by atoms with E-state index >= 15 is 0 Å². The highest BCUT2D eigenvalue weighted by Gasteiger charge is 2.19. The topological polar surface area (TPSA) is 6.48 Å². The van der Waals surface area contributed by atoms with Gasteiger partial charge in [0.2, 0.25) is 0 Å². The summed E-state index contributed by atoms with van der Waals surface area (Å²) in [6, 6.07) is 69.0. The molecule has 7 rings (SSSR count). The molecule has 45 heavy (non-hydrogen) atoms. The normalized spacial score (nSPS) is 10.8. The third kappa shape index (κ3) is 6.41. The summed E-state index contributed by atoms with van der Waals surface area (Å²) in [6.07, 6.45) is 0.915. The molecule has 0 bridgehead atoms. The Labute approximate surface area is 266 Å². The highest BCUT2D eigenvalue weighted by molar-refractivity contribution is 5.87. The van der Waals surface area contributed by atoms with Gasteiger partial charge in [-0.05, 0) is 95.4 Å². The van der Waals surface area contributed by atoms with Crippen LogP contribution in [0.5, 0.6) is 0 Å². The lowest BCUT2D eigenvalue weighted by atomic mass is 9.98. The van der Waals surface area contributed by atoms with Crippen molar-refractivity contribution in [2.75, 3.05) is 9.80 Å². The Morgan fingerprint density at radius 1 is 0.267 bits per heavy atom. The van der Waals surface area contributed by atoms with Gasteiger partial charge in [-0.1, -0.05) is 127 Å². The van der Waals surface area contributed by atoms with Crippen molar-refractivity contribution in [2.45, 2.75) is 6.42 Å². The largest absolute Gasteiger partial charge is 0.310 e. The minimum Gasteiger partial charge on any atom is -0.310 e. The maximum Gasteiger partial charge on any atom is 0.0488 e. The molecule has 0 spiro atoms. The molecule has 0 N–H and O–H groups in total. The van der Waals surface area contributed by atoms with Crippen LogP contribution >= 0.6 is 0 Å². The van der Waals surface area contributed by atoms with E-state index in [2.05, 4.69) is 204 Å². The smallest absolute Gasteiger partial charge is 0.0488 e. The summed E-state index contributed by atoms with van der Waals surface area (Å²) in [5, 5.41) is 0. The maximum absolute atomic E-state index is 2.34. The molecule has 0 saturated carbocycles. The first kappa shape index (κ1) is 27.9. The molecule has 0 radical (unpaired) electrons. The van der Waals surface area contributed by atoms with Gasteiger partial charge in [-0.2, -0.15) is 0 Å². The molecule has 0 heterocycles. The first-order valence-corrected chi connectivity index (χ1v) is 15.4. The minimum atomic E-state index is 0.915. The molecule has 216 valence electrons. The van der Waals surface area contributed by atoms with Gasteiger partial charge in [0.05, 0.1) is 0 Å². The van der Waals surface area contributed by atoms with E-state index in [0.29, 0.717) is 0 Å². The fourth-order valence-corrected chi connectivity index (χ4v) is 5.87. The fourth-order valence-electron chi connectivity index (χ4n) is 5.87. The summed E-state index contributed by atoms with van der Waals surface area (Å²) in [7, 11) is 0. The third-order valence-corrected chi connectivity index (χ3v) is 8.01. The number of nitrogens with zero attached hydrogens (tertiary/aromatic N) is 2. The Bertz CT molecular complexity index is 1760. The van der Waals surface area contributed by atoms with Crippen molar-refractivity contribution in [3.05, 3.63) is 205 Å². The van der Waals surface area contributed by atoms with Crippen LogP contribution in [0, 0.1) is 0 Å². The van der Waals surface area contributed by atoms with Crippen LogP contribution in [-0.4, -0.2) is 0 Å². The van der Waals surface area contributed by atoms with Gasteiger partial charge in [-0.15, -0.1) is 0 Å². The van der Waals surface area contributed by atoms with Crippen LogP contribution in [0.1, 0.15) is 11.1 Å². The molecular weight excluding hydrogens is 544 g/mol. The molecule has 0 aliphatic carbocycles. The molecule has 7 aromatic carbocycles. The average molecular weight is 579 g/mol. The number of hydrogen-bond donors (Lipinski definition) is 0. The highest BCUT2D eigenvalue weighted by Crippen LogP contribution is 2.42. The number of rotatable bonds is 9. The molecule has 0 unspecified atom stereocenters. The van der Waals surface area contributed by atoms with Crippen molar-refractivity contribution in [2.24, 2.45) is 0 Å². The molecule has 0 amide bonds. The van der Waals surface area contributed by atoms with E-state index in [1.165, 1.54) is 16.7 Å². The van der Waals surface area contributed by atoms with Gasteiger partial charge in [0.25, 0.3) is 0 Å². The number of benzene rings is 7. The predicted molar refractivity (Wildman–Crippen MR) is 190 cm³/mol. The van der Waals surface area contributed by atoms with E-state index in [9.17, 15) is 0 Å². The molecule has 0 aliphatic heterocycles. The van der Waals surface area contributed by atoms with Gasteiger partial charge in [-0.3, -0.25) is 0 Å². The van der Waals surface area contributed by atoms with Gasteiger partial charge in [0.1, 0.15) is 0 Å². The Hall–Kier alpha value is -5.86. The van der Waals surface area contributed by atoms with Gasteiger partial charge in [0, 0.05) is 34.1 Å². The van der Waals surface area contributed by atoms with Crippen molar-refractivity contribution in [3.8, 4) is 11.1 Å². The predicted octanol–water partition coefficient (Wildman–Crippen LogP) is 11.9. The van der Waals surface area contributed by atoms with Gasteiger partial charge >= 0.3 is 0 Å². The minimum absolute atomic E-state index is 0.915. The molecule has 0 aliphatic rings. The maximum atomic E-state index is 2.34. The van der Waals surface area contributed by atoms with Crippen LogP contribution < -0.4 is 9.80 Å². The van der Waals surface area contributed by atoms with Crippen molar-refractivity contribution in [1.29, 1.82) is 0 Å². The van der Waals surface area contributed by atoms with Gasteiger partial charge < -0.3 is 9.80 Å². The van der Waals surface area contributed by atoms with Crippen LogP contribution in [0.25, 0.3) is 11.1 Å². The molecular formula is C43H34N2. The highest BCUT2D eigenvalue weighted by atomic mass is 15.2. The SMILES string of the molecule is c1ccc(Cc2ccc(-c3cc(N(c4ccccc4)c4ccccc4)cc(N(c4ccccc4)c4ccccc4)c3)cc2)cc1. The summed E-state index contributed by atoms with van der Waals surface area (Å²) < 4.78 is 0. The Morgan fingerprint density at radius 2 is 0.600 bits per heavy atom. The Kier molecular flexibility index (Phi) is 8.19. The zero-order chi connectivity index (χ0) is 30.3. The Balaban J connectivity index is 1.40. The van der Waals surface area contributed by atoms with Crippen molar-refractivity contribution in [3.63, 3.8) is 0 Å². The zero-order valence-corrected chi connectivity index (χ0v) is 25.1.